The van der Waals surface area contributed by atoms with E-state index in [1.54, 1.807) is 32.2 Å². The maximum Gasteiger partial charge on any atom is 0.261 e. The third-order valence-electron chi connectivity index (χ3n) is 3.86. The highest BCUT2D eigenvalue weighted by Gasteiger charge is 2.19. The summed E-state index contributed by atoms with van der Waals surface area (Å²) < 4.78 is 32.8. The number of rotatable bonds is 7. The lowest BCUT2D eigenvalue weighted by Crippen LogP contribution is -2.36. The smallest absolute Gasteiger partial charge is 0.261 e. The molecule has 140 valence electrons. The van der Waals surface area contributed by atoms with Crippen molar-refractivity contribution < 1.29 is 17.9 Å². The van der Waals surface area contributed by atoms with Crippen LogP contribution in [0.2, 0.25) is 0 Å². The number of benzene rings is 2. The molecule has 0 heterocycles. The maximum absolute atomic E-state index is 12.6. The SMILES string of the molecule is COC[C@@H](C)NC(=O)c1cc(S(=O)(=O)Nc2ccc(C)cc2)ccc1C. The predicted molar refractivity (Wildman–Crippen MR) is 102 cm³/mol. The van der Waals surface area contributed by atoms with Crippen LogP contribution in [0, 0.1) is 13.8 Å². The summed E-state index contributed by atoms with van der Waals surface area (Å²) in [5, 5.41) is 2.79. The van der Waals surface area contributed by atoms with Crippen molar-refractivity contribution in [2.24, 2.45) is 0 Å². The molecule has 0 saturated heterocycles. The van der Waals surface area contributed by atoms with Gasteiger partial charge in [0.05, 0.1) is 11.5 Å². The number of hydrogen-bond acceptors (Lipinski definition) is 4. The van der Waals surface area contributed by atoms with Gasteiger partial charge in [-0.2, -0.15) is 0 Å². The van der Waals surface area contributed by atoms with Crippen molar-refractivity contribution in [2.45, 2.75) is 31.7 Å². The van der Waals surface area contributed by atoms with Crippen LogP contribution in [0.25, 0.3) is 0 Å². The predicted octanol–water partition coefficient (Wildman–Crippen LogP) is 2.87. The number of ether oxygens (including phenoxy) is 1. The first-order valence-electron chi connectivity index (χ1n) is 8.23. The third-order valence-corrected chi connectivity index (χ3v) is 5.24. The molecule has 0 bridgehead atoms. The molecule has 2 N–H and O–H groups in total. The molecule has 0 saturated carbocycles. The Balaban J connectivity index is 2.26. The molecule has 7 heteroatoms. The molecular weight excluding hydrogens is 352 g/mol. The molecule has 2 aromatic carbocycles. The van der Waals surface area contributed by atoms with E-state index in [2.05, 4.69) is 10.0 Å². The van der Waals surface area contributed by atoms with E-state index in [1.165, 1.54) is 12.1 Å². The fourth-order valence-electron chi connectivity index (χ4n) is 2.44. The van der Waals surface area contributed by atoms with Crippen molar-refractivity contribution in [3.8, 4) is 0 Å². The number of aryl methyl sites for hydroxylation is 2. The highest BCUT2D eigenvalue weighted by molar-refractivity contribution is 7.92. The second kappa shape index (κ2) is 8.33. The van der Waals surface area contributed by atoms with E-state index < -0.39 is 10.0 Å². The van der Waals surface area contributed by atoms with E-state index >= 15 is 0 Å². The zero-order chi connectivity index (χ0) is 19.3. The molecule has 2 aromatic rings. The van der Waals surface area contributed by atoms with Crippen LogP contribution in [0.3, 0.4) is 0 Å². The van der Waals surface area contributed by atoms with Crippen molar-refractivity contribution in [1.29, 1.82) is 0 Å². The van der Waals surface area contributed by atoms with Gasteiger partial charge in [0.25, 0.3) is 15.9 Å². The molecule has 0 unspecified atom stereocenters. The van der Waals surface area contributed by atoms with Crippen LogP contribution < -0.4 is 10.0 Å². The van der Waals surface area contributed by atoms with Crippen molar-refractivity contribution in [2.75, 3.05) is 18.4 Å². The minimum atomic E-state index is -3.79. The molecule has 0 spiro atoms. The van der Waals surface area contributed by atoms with Crippen LogP contribution in [0.1, 0.15) is 28.4 Å². The summed E-state index contributed by atoms with van der Waals surface area (Å²) in [6.45, 7) is 5.88. The van der Waals surface area contributed by atoms with Crippen LogP contribution in [-0.2, 0) is 14.8 Å². The highest BCUT2D eigenvalue weighted by atomic mass is 32.2. The minimum Gasteiger partial charge on any atom is -0.383 e. The molecule has 6 nitrogen and oxygen atoms in total. The Bertz CT molecular complexity index is 877. The summed E-state index contributed by atoms with van der Waals surface area (Å²) in [5.41, 5.74) is 2.52. The monoisotopic (exact) mass is 376 g/mol. The lowest BCUT2D eigenvalue weighted by atomic mass is 10.1. The first-order chi connectivity index (χ1) is 12.2. The van der Waals surface area contributed by atoms with Gasteiger partial charge in [-0.15, -0.1) is 0 Å². The number of carbonyl (C=O) groups excluding carboxylic acids is 1. The fraction of sp³-hybridized carbons (Fsp3) is 0.316. The quantitative estimate of drug-likeness (QED) is 0.778. The molecule has 26 heavy (non-hydrogen) atoms. The average molecular weight is 376 g/mol. The number of amides is 1. The molecule has 0 aliphatic carbocycles. The average Bonchev–Trinajstić information content (AvgIpc) is 2.57. The largest absolute Gasteiger partial charge is 0.383 e. The molecule has 0 radical (unpaired) electrons. The number of anilines is 1. The summed E-state index contributed by atoms with van der Waals surface area (Å²) in [5.74, 6) is -0.334. The summed E-state index contributed by atoms with van der Waals surface area (Å²) in [7, 11) is -2.24. The topological polar surface area (TPSA) is 84.5 Å². The van der Waals surface area contributed by atoms with Crippen molar-refractivity contribution in [1.82, 2.24) is 5.32 Å². The van der Waals surface area contributed by atoms with Gasteiger partial charge < -0.3 is 10.1 Å². The van der Waals surface area contributed by atoms with Crippen molar-refractivity contribution in [3.63, 3.8) is 0 Å². The molecule has 1 amide bonds. The van der Waals surface area contributed by atoms with Gasteiger partial charge >= 0.3 is 0 Å². The summed E-state index contributed by atoms with van der Waals surface area (Å²) in [4.78, 5) is 12.5. The van der Waals surface area contributed by atoms with Gasteiger partial charge in [-0.3, -0.25) is 9.52 Å². The van der Waals surface area contributed by atoms with E-state index in [0.29, 0.717) is 23.4 Å². The third kappa shape index (κ3) is 5.06. The van der Waals surface area contributed by atoms with Crippen LogP contribution in [0.15, 0.2) is 47.4 Å². The van der Waals surface area contributed by atoms with Gasteiger partial charge in [0.2, 0.25) is 0 Å². The van der Waals surface area contributed by atoms with Crippen LogP contribution in [-0.4, -0.2) is 34.1 Å². The number of sulfonamides is 1. The van der Waals surface area contributed by atoms with Gasteiger partial charge in [-0.25, -0.2) is 8.42 Å². The zero-order valence-corrected chi connectivity index (χ0v) is 16.2. The van der Waals surface area contributed by atoms with E-state index in [1.807, 2.05) is 26.0 Å². The molecule has 0 fully saturated rings. The van der Waals surface area contributed by atoms with Crippen molar-refractivity contribution in [3.05, 3.63) is 59.2 Å². The summed E-state index contributed by atoms with van der Waals surface area (Å²) in [6.07, 6.45) is 0. The number of carbonyl (C=O) groups is 1. The lowest BCUT2D eigenvalue weighted by Gasteiger charge is -2.15. The van der Waals surface area contributed by atoms with Gasteiger partial charge in [0, 0.05) is 24.4 Å². The molecule has 0 aliphatic rings. The van der Waals surface area contributed by atoms with E-state index in [-0.39, 0.29) is 16.8 Å². The van der Waals surface area contributed by atoms with Gasteiger partial charge in [0.1, 0.15) is 0 Å². The van der Waals surface area contributed by atoms with E-state index in [0.717, 1.165) is 5.56 Å². The first kappa shape index (κ1) is 19.9. The second-order valence-electron chi connectivity index (χ2n) is 6.28. The standard InChI is InChI=1S/C19H24N2O4S/c1-13-5-8-16(9-6-13)21-26(23,24)17-10-7-14(2)18(11-17)19(22)20-15(3)12-25-4/h5-11,15,21H,12H2,1-4H3,(H,20,22)/t15-/m1/s1. The lowest BCUT2D eigenvalue weighted by molar-refractivity contribution is 0.0904. The Morgan fingerprint density at radius 2 is 1.77 bits per heavy atom. The van der Waals surface area contributed by atoms with Gasteiger partial charge in [0.15, 0.2) is 0 Å². The fourth-order valence-corrected chi connectivity index (χ4v) is 3.53. The molecule has 1 atom stereocenters. The van der Waals surface area contributed by atoms with E-state index in [4.69, 9.17) is 4.74 Å². The zero-order valence-electron chi connectivity index (χ0n) is 15.4. The Hall–Kier alpha value is -2.38. The molecule has 0 aliphatic heterocycles. The van der Waals surface area contributed by atoms with Crippen LogP contribution in [0.5, 0.6) is 0 Å². The molecule has 0 aromatic heterocycles. The Morgan fingerprint density at radius 3 is 2.38 bits per heavy atom. The summed E-state index contributed by atoms with van der Waals surface area (Å²) >= 11 is 0. The number of methoxy groups -OCH3 is 1. The van der Waals surface area contributed by atoms with Gasteiger partial charge in [-0.05, 0) is 50.6 Å². The van der Waals surface area contributed by atoms with Crippen LogP contribution >= 0.6 is 0 Å². The van der Waals surface area contributed by atoms with Crippen molar-refractivity contribution >= 4 is 21.6 Å². The molecular formula is C19H24N2O4S. The second-order valence-corrected chi connectivity index (χ2v) is 7.96. The summed E-state index contributed by atoms with van der Waals surface area (Å²) in [6, 6.07) is 11.4. The Kier molecular flexibility index (Phi) is 6.39. The Labute approximate surface area is 154 Å². The first-order valence-corrected chi connectivity index (χ1v) is 9.71. The number of nitrogens with one attached hydrogen (secondary N) is 2. The minimum absolute atomic E-state index is 0.0354. The normalized spacial score (nSPS) is 12.5. The molecule has 2 rings (SSSR count). The maximum atomic E-state index is 12.6. The van der Waals surface area contributed by atoms with Gasteiger partial charge in [-0.1, -0.05) is 23.8 Å². The highest BCUT2D eigenvalue weighted by Crippen LogP contribution is 2.20. The number of hydrogen-bond donors (Lipinski definition) is 2. The van der Waals surface area contributed by atoms with E-state index in [9.17, 15) is 13.2 Å². The Morgan fingerprint density at radius 1 is 1.12 bits per heavy atom. The van der Waals surface area contributed by atoms with Crippen LogP contribution in [0.4, 0.5) is 5.69 Å².